The topological polar surface area (TPSA) is 52.6 Å². The summed E-state index contributed by atoms with van der Waals surface area (Å²) in [7, 11) is 0. The molecular weight excluding hydrogens is 419 g/mol. The third-order valence-corrected chi connectivity index (χ3v) is 5.08. The van der Waals surface area contributed by atoms with Gasteiger partial charge in [0.05, 0.1) is 0 Å². The molecule has 33 heavy (non-hydrogen) atoms. The molecule has 4 nitrogen and oxygen atoms in total. The van der Waals surface area contributed by atoms with Crippen molar-refractivity contribution < 1.29 is 23.5 Å². The van der Waals surface area contributed by atoms with Gasteiger partial charge in [-0.1, -0.05) is 37.4 Å². The molecule has 168 valence electrons. The highest BCUT2D eigenvalue weighted by molar-refractivity contribution is 5.89. The minimum Gasteiger partial charge on any atom is -0.423 e. The molecule has 0 saturated carbocycles. The van der Waals surface area contributed by atoms with Gasteiger partial charge in [-0.05, 0) is 79.8 Å². The van der Waals surface area contributed by atoms with Crippen molar-refractivity contribution in [2.24, 2.45) is 0 Å². The smallest absolute Gasteiger partial charge is 0.338 e. The van der Waals surface area contributed by atoms with E-state index in [4.69, 9.17) is 9.47 Å². The van der Waals surface area contributed by atoms with Crippen LogP contribution in [0.4, 0.5) is 4.39 Å². The molecule has 0 bridgehead atoms. The molecule has 3 aromatic carbocycles. The van der Waals surface area contributed by atoms with Crippen molar-refractivity contribution in [2.45, 2.75) is 27.7 Å². The molecule has 0 aliphatic carbocycles. The number of hydrogen-bond acceptors (Lipinski definition) is 4. The van der Waals surface area contributed by atoms with Crippen LogP contribution in [0.25, 0.3) is 22.3 Å². The average Bonchev–Trinajstić information content (AvgIpc) is 2.74. The van der Waals surface area contributed by atoms with Gasteiger partial charge in [-0.3, -0.25) is 0 Å². The number of rotatable bonds is 6. The van der Waals surface area contributed by atoms with Crippen LogP contribution in [0.3, 0.4) is 0 Å². The summed E-state index contributed by atoms with van der Waals surface area (Å²) in [6.45, 7) is 14.1. The Kier molecular flexibility index (Phi) is 6.92. The van der Waals surface area contributed by atoms with Crippen molar-refractivity contribution >= 4 is 11.9 Å². The van der Waals surface area contributed by atoms with Crippen LogP contribution in [-0.2, 0) is 9.59 Å². The maximum absolute atomic E-state index is 14.8. The molecule has 0 unspecified atom stereocenters. The molecule has 0 aromatic heterocycles. The van der Waals surface area contributed by atoms with Crippen LogP contribution >= 0.6 is 0 Å². The summed E-state index contributed by atoms with van der Waals surface area (Å²) < 4.78 is 25.2. The number of carbonyl (C=O) groups excluding carboxylic acids is 2. The molecule has 3 rings (SSSR count). The predicted molar refractivity (Wildman–Crippen MR) is 128 cm³/mol. The Morgan fingerprint density at radius 1 is 0.697 bits per heavy atom. The summed E-state index contributed by atoms with van der Waals surface area (Å²) in [4.78, 5) is 23.4. The van der Waals surface area contributed by atoms with E-state index in [-0.39, 0.29) is 11.3 Å². The Labute approximate surface area is 193 Å². The average molecular weight is 445 g/mol. The van der Waals surface area contributed by atoms with Crippen LogP contribution < -0.4 is 9.47 Å². The minimum atomic E-state index is -0.599. The first-order chi connectivity index (χ1) is 15.6. The normalized spacial score (nSPS) is 10.5. The SMILES string of the molecule is C=C(C)C(=O)Oc1ccc(-c2ccc(-c3ccc(OC(=O)C(=C)C)cc3F)c(C)c2)c(C)c1. The lowest BCUT2D eigenvalue weighted by Gasteiger charge is -2.13. The first-order valence-electron chi connectivity index (χ1n) is 10.3. The summed E-state index contributed by atoms with van der Waals surface area (Å²) in [6, 6.07) is 15.5. The van der Waals surface area contributed by atoms with E-state index in [1.54, 1.807) is 31.2 Å². The molecule has 0 aliphatic heterocycles. The van der Waals surface area contributed by atoms with E-state index in [1.807, 2.05) is 38.1 Å². The highest BCUT2D eigenvalue weighted by Gasteiger charge is 2.14. The monoisotopic (exact) mass is 444 g/mol. The van der Waals surface area contributed by atoms with Crippen LogP contribution in [0.2, 0.25) is 0 Å². The van der Waals surface area contributed by atoms with Crippen LogP contribution in [-0.4, -0.2) is 11.9 Å². The van der Waals surface area contributed by atoms with Crippen LogP contribution in [0.15, 0.2) is 78.9 Å². The highest BCUT2D eigenvalue weighted by Crippen LogP contribution is 2.33. The zero-order chi connectivity index (χ0) is 24.3. The van der Waals surface area contributed by atoms with E-state index in [0.29, 0.717) is 16.9 Å². The van der Waals surface area contributed by atoms with Gasteiger partial charge in [-0.15, -0.1) is 0 Å². The van der Waals surface area contributed by atoms with E-state index < -0.39 is 17.8 Å². The molecule has 0 saturated heterocycles. The lowest BCUT2D eigenvalue weighted by Crippen LogP contribution is -2.08. The lowest BCUT2D eigenvalue weighted by atomic mass is 9.93. The number of benzene rings is 3. The van der Waals surface area contributed by atoms with Crippen molar-refractivity contribution in [3.8, 4) is 33.8 Å². The van der Waals surface area contributed by atoms with E-state index in [1.165, 1.54) is 13.0 Å². The quantitative estimate of drug-likeness (QED) is 0.240. The molecule has 0 N–H and O–H groups in total. The molecule has 5 heteroatoms. The summed E-state index contributed by atoms with van der Waals surface area (Å²) in [5, 5.41) is 0. The molecule has 0 atom stereocenters. The van der Waals surface area contributed by atoms with Crippen LogP contribution in [0.5, 0.6) is 11.5 Å². The van der Waals surface area contributed by atoms with Gasteiger partial charge in [-0.2, -0.15) is 0 Å². The third kappa shape index (κ3) is 5.44. The fourth-order valence-corrected chi connectivity index (χ4v) is 3.32. The zero-order valence-corrected chi connectivity index (χ0v) is 19.1. The zero-order valence-electron chi connectivity index (χ0n) is 19.1. The fraction of sp³-hybridized carbons (Fsp3) is 0.143. The van der Waals surface area contributed by atoms with Gasteiger partial charge in [0.25, 0.3) is 0 Å². The van der Waals surface area contributed by atoms with Crippen molar-refractivity contribution in [3.63, 3.8) is 0 Å². The summed E-state index contributed by atoms with van der Waals surface area (Å²) in [5.41, 5.74) is 5.47. The molecule has 0 spiro atoms. The number of esters is 2. The molecule has 0 fully saturated rings. The second kappa shape index (κ2) is 9.65. The van der Waals surface area contributed by atoms with Gasteiger partial charge in [0.2, 0.25) is 0 Å². The lowest BCUT2D eigenvalue weighted by molar-refractivity contribution is -0.130. The summed E-state index contributed by atoms with van der Waals surface area (Å²) in [5.74, 6) is -0.977. The Bertz CT molecular complexity index is 1290. The van der Waals surface area contributed by atoms with Crippen molar-refractivity contribution in [3.05, 3.63) is 95.8 Å². The van der Waals surface area contributed by atoms with E-state index in [9.17, 15) is 14.0 Å². The van der Waals surface area contributed by atoms with Gasteiger partial charge in [0.1, 0.15) is 17.3 Å². The van der Waals surface area contributed by atoms with Crippen LogP contribution in [0, 0.1) is 19.7 Å². The van der Waals surface area contributed by atoms with Crippen molar-refractivity contribution in [2.75, 3.05) is 0 Å². The van der Waals surface area contributed by atoms with Gasteiger partial charge in [0, 0.05) is 22.8 Å². The summed E-state index contributed by atoms with van der Waals surface area (Å²) in [6.07, 6.45) is 0. The van der Waals surface area contributed by atoms with Crippen molar-refractivity contribution in [1.29, 1.82) is 0 Å². The van der Waals surface area contributed by atoms with Crippen LogP contribution in [0.1, 0.15) is 25.0 Å². The molecule has 0 heterocycles. The maximum atomic E-state index is 14.8. The molecule has 0 amide bonds. The van der Waals surface area contributed by atoms with Gasteiger partial charge in [-0.25, -0.2) is 14.0 Å². The Morgan fingerprint density at radius 2 is 1.18 bits per heavy atom. The molecule has 0 aliphatic rings. The number of carbonyl (C=O) groups is 2. The van der Waals surface area contributed by atoms with Gasteiger partial charge < -0.3 is 9.47 Å². The minimum absolute atomic E-state index is 0.126. The summed E-state index contributed by atoms with van der Waals surface area (Å²) >= 11 is 0. The van der Waals surface area contributed by atoms with Crippen molar-refractivity contribution in [1.82, 2.24) is 0 Å². The van der Waals surface area contributed by atoms with E-state index in [0.717, 1.165) is 27.8 Å². The Morgan fingerprint density at radius 3 is 1.67 bits per heavy atom. The second-order valence-corrected chi connectivity index (χ2v) is 7.99. The number of hydrogen-bond donors (Lipinski definition) is 0. The molecule has 0 radical (unpaired) electrons. The van der Waals surface area contributed by atoms with E-state index in [2.05, 4.69) is 13.2 Å². The maximum Gasteiger partial charge on any atom is 0.338 e. The number of ether oxygens (including phenoxy) is 2. The molecule has 3 aromatic rings. The fourth-order valence-electron chi connectivity index (χ4n) is 3.32. The van der Waals surface area contributed by atoms with Gasteiger partial charge >= 0.3 is 11.9 Å². The highest BCUT2D eigenvalue weighted by atomic mass is 19.1. The largest absolute Gasteiger partial charge is 0.423 e. The Balaban J connectivity index is 1.87. The van der Waals surface area contributed by atoms with Gasteiger partial charge in [0.15, 0.2) is 0 Å². The first-order valence-corrected chi connectivity index (χ1v) is 10.3. The number of aryl methyl sites for hydroxylation is 2. The third-order valence-electron chi connectivity index (χ3n) is 5.08. The predicted octanol–water partition coefficient (Wildman–Crippen LogP) is 6.74. The number of halogens is 1. The Hall–Kier alpha value is -3.99. The molecular formula is C28H25FO4. The first kappa shape index (κ1) is 23.7. The van der Waals surface area contributed by atoms with E-state index >= 15 is 0 Å². The second-order valence-electron chi connectivity index (χ2n) is 7.99. The standard InChI is InChI=1S/C28H25FO4/c1-16(2)27(30)32-21-8-11-23(19(6)14-21)20-7-10-24(18(5)13-20)25-12-9-22(15-26(25)29)33-28(31)17(3)4/h7-15H,1,3H2,2,4-6H3.